The summed E-state index contributed by atoms with van der Waals surface area (Å²) in [6.07, 6.45) is 11.9. The predicted molar refractivity (Wildman–Crippen MR) is 153 cm³/mol. The average molecular weight is 546 g/mol. The van der Waals surface area contributed by atoms with Crippen molar-refractivity contribution >= 4 is 28.1 Å². The molecular weight excluding hydrogens is 506 g/mol. The molecule has 10 heteroatoms. The molecule has 4 aromatic rings. The van der Waals surface area contributed by atoms with Crippen LogP contribution in [0.4, 0.5) is 5.95 Å². The van der Waals surface area contributed by atoms with Crippen LogP contribution in [0.5, 0.6) is 0 Å². The zero-order chi connectivity index (χ0) is 27.2. The highest BCUT2D eigenvalue weighted by molar-refractivity contribution is 5.91. The molecule has 2 N–H and O–H groups in total. The van der Waals surface area contributed by atoms with Gasteiger partial charge < -0.3 is 24.4 Å². The Morgan fingerprint density at radius 3 is 2.70 bits per heavy atom. The van der Waals surface area contributed by atoms with Gasteiger partial charge in [-0.1, -0.05) is 25.8 Å². The number of fused-ring (bicyclic) bond motifs is 2. The van der Waals surface area contributed by atoms with E-state index in [2.05, 4.69) is 29.7 Å². The largest absolute Gasteiger partial charge is 0.396 e. The number of aliphatic hydroxyl groups is 2. The van der Waals surface area contributed by atoms with Crippen molar-refractivity contribution < 1.29 is 14.9 Å². The van der Waals surface area contributed by atoms with Crippen molar-refractivity contribution in [3.05, 3.63) is 30.9 Å². The lowest BCUT2D eigenvalue weighted by Crippen LogP contribution is -2.45. The van der Waals surface area contributed by atoms with Crippen molar-refractivity contribution in [2.24, 2.45) is 11.8 Å². The number of rotatable bonds is 5. The standard InChI is InChI=1S/C30H39N7O3/c1-19-5-4-6-22(13-19)36-17-31-23-14-20(8-9-24(23)36)27-28-29(37(18-32-28)26-7-2-3-12-40-26)34-30(33-27)35-11-10-21(16-38)25(39)15-35/h8-9,14,17-19,21-22,25-26,38-39H,2-7,10-13,15-16H2,1H3/t19?,21-,22?,25+,26?/m1/s1. The van der Waals surface area contributed by atoms with Gasteiger partial charge in [0.05, 0.1) is 29.8 Å². The van der Waals surface area contributed by atoms with Gasteiger partial charge in [0.25, 0.3) is 0 Å². The highest BCUT2D eigenvalue weighted by atomic mass is 16.5. The minimum atomic E-state index is -0.629. The predicted octanol–water partition coefficient (Wildman–Crippen LogP) is 4.47. The van der Waals surface area contributed by atoms with Crippen molar-refractivity contribution in [1.82, 2.24) is 29.1 Å². The molecule has 0 spiro atoms. The fourth-order valence-corrected chi connectivity index (χ4v) is 6.90. The molecule has 212 valence electrons. The van der Waals surface area contributed by atoms with Gasteiger partial charge in [0.1, 0.15) is 17.4 Å². The van der Waals surface area contributed by atoms with Crippen molar-refractivity contribution in [3.8, 4) is 11.3 Å². The van der Waals surface area contributed by atoms with Crippen LogP contribution in [0.15, 0.2) is 30.9 Å². The average Bonchev–Trinajstić information content (AvgIpc) is 3.61. The van der Waals surface area contributed by atoms with Crippen LogP contribution in [-0.2, 0) is 4.74 Å². The summed E-state index contributed by atoms with van der Waals surface area (Å²) in [5, 5.41) is 20.3. The number of ether oxygens (including phenoxy) is 1. The van der Waals surface area contributed by atoms with Crippen LogP contribution in [-0.4, -0.2) is 71.7 Å². The molecule has 1 aromatic carbocycles. The lowest BCUT2D eigenvalue weighted by atomic mass is 9.87. The third kappa shape index (κ3) is 4.65. The van der Waals surface area contributed by atoms with Crippen LogP contribution >= 0.6 is 0 Å². The maximum absolute atomic E-state index is 10.7. The number of aliphatic hydroxyl groups excluding tert-OH is 2. The second-order valence-corrected chi connectivity index (χ2v) is 12.0. The molecule has 5 atom stereocenters. The van der Waals surface area contributed by atoms with E-state index in [0.29, 0.717) is 31.5 Å². The van der Waals surface area contributed by atoms with Crippen LogP contribution in [0.1, 0.15) is 70.6 Å². The second-order valence-electron chi connectivity index (χ2n) is 12.0. The van der Waals surface area contributed by atoms with E-state index in [-0.39, 0.29) is 18.8 Å². The van der Waals surface area contributed by atoms with Gasteiger partial charge in [-0.25, -0.2) is 15.0 Å². The SMILES string of the molecule is CC1CCCC(n2cnc3cc(-c4nc(N5CC[C@H](CO)[C@@H](O)C5)nc5c4ncn5C4CCCCO4)ccc32)C1. The second kappa shape index (κ2) is 10.7. The summed E-state index contributed by atoms with van der Waals surface area (Å²) in [5.41, 5.74) is 5.30. The number of benzene rings is 1. The highest BCUT2D eigenvalue weighted by Gasteiger charge is 2.30. The normalized spacial score (nSPS) is 28.0. The van der Waals surface area contributed by atoms with Gasteiger partial charge in [-0.15, -0.1) is 0 Å². The summed E-state index contributed by atoms with van der Waals surface area (Å²) in [5.74, 6) is 1.19. The molecule has 7 rings (SSSR count). The molecule has 2 saturated heterocycles. The fourth-order valence-electron chi connectivity index (χ4n) is 6.90. The van der Waals surface area contributed by atoms with E-state index in [1.54, 1.807) is 0 Å². The van der Waals surface area contributed by atoms with Gasteiger partial charge in [-0.05, 0) is 56.6 Å². The molecule has 0 radical (unpaired) electrons. The number of piperidine rings is 1. The molecule has 0 amide bonds. The van der Waals surface area contributed by atoms with Gasteiger partial charge in [-0.3, -0.25) is 4.57 Å². The molecule has 3 aromatic heterocycles. The van der Waals surface area contributed by atoms with E-state index >= 15 is 0 Å². The first kappa shape index (κ1) is 25.9. The summed E-state index contributed by atoms with van der Waals surface area (Å²) < 4.78 is 10.5. The smallest absolute Gasteiger partial charge is 0.228 e. The van der Waals surface area contributed by atoms with Crippen LogP contribution in [0.3, 0.4) is 0 Å². The van der Waals surface area contributed by atoms with Crippen molar-refractivity contribution in [3.63, 3.8) is 0 Å². The Bertz CT molecular complexity index is 1490. The van der Waals surface area contributed by atoms with Crippen LogP contribution in [0, 0.1) is 11.8 Å². The molecule has 10 nitrogen and oxygen atoms in total. The number of hydrogen-bond donors (Lipinski definition) is 2. The molecular formula is C30H39N7O3. The fraction of sp³-hybridized carbons (Fsp3) is 0.600. The van der Waals surface area contributed by atoms with Crippen molar-refractivity contribution in [1.29, 1.82) is 0 Å². The van der Waals surface area contributed by atoms with E-state index in [1.807, 2.05) is 22.1 Å². The molecule has 40 heavy (non-hydrogen) atoms. The Morgan fingerprint density at radius 2 is 1.90 bits per heavy atom. The Balaban J connectivity index is 1.30. The van der Waals surface area contributed by atoms with Crippen molar-refractivity contribution in [2.75, 3.05) is 31.2 Å². The lowest BCUT2D eigenvalue weighted by molar-refractivity contribution is -0.0298. The minimum absolute atomic E-state index is 0.0155. The van der Waals surface area contributed by atoms with E-state index in [4.69, 9.17) is 24.7 Å². The lowest BCUT2D eigenvalue weighted by Gasteiger charge is -2.35. The summed E-state index contributed by atoms with van der Waals surface area (Å²) in [4.78, 5) is 21.7. The zero-order valence-corrected chi connectivity index (χ0v) is 23.2. The topological polar surface area (TPSA) is 114 Å². The monoisotopic (exact) mass is 545 g/mol. The van der Waals surface area contributed by atoms with Gasteiger partial charge >= 0.3 is 0 Å². The van der Waals surface area contributed by atoms with E-state index in [9.17, 15) is 10.2 Å². The van der Waals surface area contributed by atoms with Gasteiger partial charge in [0.2, 0.25) is 5.95 Å². The van der Waals surface area contributed by atoms with Crippen LogP contribution in [0.25, 0.3) is 33.5 Å². The van der Waals surface area contributed by atoms with Gasteiger partial charge in [0.15, 0.2) is 5.65 Å². The molecule has 1 saturated carbocycles. The van der Waals surface area contributed by atoms with Crippen LogP contribution in [0.2, 0.25) is 0 Å². The number of anilines is 1. The first-order valence-electron chi connectivity index (χ1n) is 15.0. The molecule has 1 aliphatic carbocycles. The summed E-state index contributed by atoms with van der Waals surface area (Å²) in [7, 11) is 0. The number of hydrogen-bond acceptors (Lipinski definition) is 8. The third-order valence-corrected chi connectivity index (χ3v) is 9.26. The van der Waals surface area contributed by atoms with E-state index in [0.717, 1.165) is 65.2 Å². The Hall–Kier alpha value is -3.08. The molecule has 2 aliphatic heterocycles. The number of nitrogens with zero attached hydrogens (tertiary/aromatic N) is 7. The third-order valence-electron chi connectivity index (χ3n) is 9.26. The van der Waals surface area contributed by atoms with Crippen LogP contribution < -0.4 is 4.90 Å². The molecule has 3 aliphatic rings. The quantitative estimate of drug-likeness (QED) is 0.378. The van der Waals surface area contributed by atoms with E-state index < -0.39 is 6.10 Å². The molecule has 5 heterocycles. The van der Waals surface area contributed by atoms with Crippen molar-refractivity contribution in [2.45, 2.75) is 76.7 Å². The Kier molecular flexibility index (Phi) is 6.93. The Morgan fingerprint density at radius 1 is 1.00 bits per heavy atom. The van der Waals surface area contributed by atoms with Gasteiger partial charge in [-0.2, -0.15) is 4.98 Å². The summed E-state index contributed by atoms with van der Waals surface area (Å²) in [6, 6.07) is 6.91. The molecule has 3 unspecified atom stereocenters. The minimum Gasteiger partial charge on any atom is -0.396 e. The summed E-state index contributed by atoms with van der Waals surface area (Å²) >= 11 is 0. The first-order chi connectivity index (χ1) is 19.6. The maximum atomic E-state index is 10.7. The number of aromatic nitrogens is 6. The molecule has 3 fully saturated rings. The van der Waals surface area contributed by atoms with Gasteiger partial charge in [0, 0.05) is 43.8 Å². The Labute approximate surface area is 234 Å². The number of imidazole rings is 2. The maximum Gasteiger partial charge on any atom is 0.228 e. The summed E-state index contributed by atoms with van der Waals surface area (Å²) in [6.45, 7) is 4.12. The van der Waals surface area contributed by atoms with E-state index in [1.165, 1.54) is 25.7 Å². The first-order valence-corrected chi connectivity index (χ1v) is 15.0. The highest BCUT2D eigenvalue weighted by Crippen LogP contribution is 2.36. The molecule has 0 bridgehead atoms. The zero-order valence-electron chi connectivity index (χ0n) is 23.2. The number of β-amino-alcohol motifs (C(OH)–C–C–N with tert-alkyl or cyclic N) is 1.